The third-order valence-electron chi connectivity index (χ3n) is 3.82. The highest BCUT2D eigenvalue weighted by atomic mass is 16.5. The van der Waals surface area contributed by atoms with Crippen molar-refractivity contribution in [3.63, 3.8) is 0 Å². The molecule has 1 heterocycles. The summed E-state index contributed by atoms with van der Waals surface area (Å²) in [5, 5.41) is 10.1. The van der Waals surface area contributed by atoms with E-state index in [0.29, 0.717) is 17.9 Å². The van der Waals surface area contributed by atoms with Crippen LogP contribution in [0.5, 0.6) is 5.75 Å². The Morgan fingerprint density at radius 3 is 2.95 bits per heavy atom. The third kappa shape index (κ3) is 4.29. The van der Waals surface area contributed by atoms with Gasteiger partial charge in [0, 0.05) is 12.1 Å². The fourth-order valence-corrected chi connectivity index (χ4v) is 2.69. The Hall–Kier alpha value is -1.92. The Bertz CT molecular complexity index is 547. The van der Waals surface area contributed by atoms with E-state index in [2.05, 4.69) is 0 Å². The van der Waals surface area contributed by atoms with Crippen LogP contribution in [0.3, 0.4) is 0 Å². The van der Waals surface area contributed by atoms with E-state index in [1.807, 2.05) is 4.90 Å². The molecule has 1 saturated heterocycles. The van der Waals surface area contributed by atoms with Crippen LogP contribution in [-0.4, -0.2) is 53.5 Å². The molecule has 1 aliphatic heterocycles. The molecule has 3 N–H and O–H groups in total. The Kier molecular flexibility index (Phi) is 5.51. The second kappa shape index (κ2) is 7.38. The number of carbonyl (C=O) groups is 2. The average Bonchev–Trinajstić information content (AvgIpc) is 2.93. The molecule has 0 aliphatic carbocycles. The maximum absolute atomic E-state index is 11.3. The lowest BCUT2D eigenvalue weighted by Crippen LogP contribution is -2.44. The molecule has 0 aromatic heterocycles. The van der Waals surface area contributed by atoms with E-state index in [9.17, 15) is 14.7 Å². The number of Topliss-reactive ketones (excluding diaryl/α,β-unsaturated/α-hetero) is 1. The Morgan fingerprint density at radius 2 is 2.27 bits per heavy atom. The fourth-order valence-electron chi connectivity index (χ4n) is 2.69. The van der Waals surface area contributed by atoms with Gasteiger partial charge in [-0.05, 0) is 38.4 Å². The van der Waals surface area contributed by atoms with Gasteiger partial charge in [0.1, 0.15) is 18.5 Å². The van der Waals surface area contributed by atoms with Crippen molar-refractivity contribution < 1.29 is 19.4 Å². The number of amides is 1. The lowest BCUT2D eigenvalue weighted by molar-refractivity contribution is -0.122. The number of nitrogens with zero attached hydrogens (tertiary/aromatic N) is 1. The number of rotatable bonds is 7. The summed E-state index contributed by atoms with van der Waals surface area (Å²) in [6.07, 6.45) is 0.923. The molecule has 2 rings (SSSR count). The van der Waals surface area contributed by atoms with Crippen LogP contribution in [0.2, 0.25) is 0 Å². The van der Waals surface area contributed by atoms with Crippen molar-refractivity contribution in [2.24, 2.45) is 5.73 Å². The molecule has 6 heteroatoms. The molecule has 1 aromatic rings. The first-order valence-electron chi connectivity index (χ1n) is 7.42. The summed E-state index contributed by atoms with van der Waals surface area (Å²) in [6, 6.07) is 6.55. The average molecular weight is 306 g/mol. The Morgan fingerprint density at radius 1 is 1.50 bits per heavy atom. The zero-order valence-electron chi connectivity index (χ0n) is 12.7. The van der Waals surface area contributed by atoms with Crippen molar-refractivity contribution in [1.82, 2.24) is 4.90 Å². The van der Waals surface area contributed by atoms with Gasteiger partial charge in [0.25, 0.3) is 0 Å². The summed E-state index contributed by atoms with van der Waals surface area (Å²) >= 11 is 0. The minimum atomic E-state index is -0.721. The van der Waals surface area contributed by atoms with E-state index in [4.69, 9.17) is 10.5 Å². The number of likely N-dealkylation sites (tertiary alicyclic amines) is 1. The number of β-amino-alcohol motifs (C(OH)–C–C–N with tert-alkyl or cyclic N) is 1. The summed E-state index contributed by atoms with van der Waals surface area (Å²) in [6.45, 7) is 2.69. The van der Waals surface area contributed by atoms with Crippen molar-refractivity contribution in [2.75, 3.05) is 19.7 Å². The standard InChI is InChI=1S/C16H22N2O4/c1-11(19)12-4-2-5-14(8-12)22-10-13(20)9-18-7-3-6-15(18)16(17)21/h2,4-5,8,13,15,20H,3,6-7,9-10H2,1H3,(H2,17,21)/t13-,15+/m1/s1. The van der Waals surface area contributed by atoms with Gasteiger partial charge < -0.3 is 15.6 Å². The first-order chi connectivity index (χ1) is 10.5. The van der Waals surface area contributed by atoms with Crippen LogP contribution in [0.4, 0.5) is 0 Å². The van der Waals surface area contributed by atoms with E-state index < -0.39 is 6.10 Å². The van der Waals surface area contributed by atoms with Crippen LogP contribution in [0.1, 0.15) is 30.1 Å². The van der Waals surface area contributed by atoms with E-state index in [0.717, 1.165) is 19.4 Å². The van der Waals surface area contributed by atoms with Gasteiger partial charge in [-0.2, -0.15) is 0 Å². The van der Waals surface area contributed by atoms with Crippen molar-refractivity contribution in [3.05, 3.63) is 29.8 Å². The van der Waals surface area contributed by atoms with E-state index in [1.54, 1.807) is 24.3 Å². The highest BCUT2D eigenvalue weighted by molar-refractivity contribution is 5.94. The molecule has 6 nitrogen and oxygen atoms in total. The van der Waals surface area contributed by atoms with Gasteiger partial charge in [-0.15, -0.1) is 0 Å². The number of nitrogens with two attached hydrogens (primary N) is 1. The molecule has 1 aliphatic rings. The normalized spacial score (nSPS) is 19.8. The molecule has 0 radical (unpaired) electrons. The van der Waals surface area contributed by atoms with Gasteiger partial charge in [-0.25, -0.2) is 0 Å². The van der Waals surface area contributed by atoms with Crippen molar-refractivity contribution in [1.29, 1.82) is 0 Å². The molecule has 1 aromatic carbocycles. The Balaban J connectivity index is 1.85. The molecule has 0 unspecified atom stereocenters. The second-order valence-electron chi connectivity index (χ2n) is 5.60. The first-order valence-corrected chi connectivity index (χ1v) is 7.42. The Labute approximate surface area is 129 Å². The number of aliphatic hydroxyl groups excluding tert-OH is 1. The molecule has 1 fully saturated rings. The SMILES string of the molecule is CC(=O)c1cccc(OC[C@H](O)CN2CCC[C@H]2C(N)=O)c1. The topological polar surface area (TPSA) is 92.9 Å². The van der Waals surface area contributed by atoms with Gasteiger partial charge in [0.2, 0.25) is 5.91 Å². The predicted octanol–water partition coefficient (Wildman–Crippen LogP) is 0.579. The van der Waals surface area contributed by atoms with Gasteiger partial charge in [0.05, 0.1) is 6.04 Å². The largest absolute Gasteiger partial charge is 0.491 e. The summed E-state index contributed by atoms with van der Waals surface area (Å²) in [4.78, 5) is 24.5. The summed E-state index contributed by atoms with van der Waals surface area (Å²) in [7, 11) is 0. The number of carbonyl (C=O) groups excluding carboxylic acids is 2. The third-order valence-corrected chi connectivity index (χ3v) is 3.82. The van der Waals surface area contributed by atoms with Crippen LogP contribution in [0.25, 0.3) is 0 Å². The highest BCUT2D eigenvalue weighted by Gasteiger charge is 2.30. The number of ether oxygens (including phenoxy) is 1. The van der Waals surface area contributed by atoms with Crippen LogP contribution in [0, 0.1) is 0 Å². The summed E-state index contributed by atoms with van der Waals surface area (Å²) in [5.41, 5.74) is 5.92. The monoisotopic (exact) mass is 306 g/mol. The molecule has 120 valence electrons. The summed E-state index contributed by atoms with van der Waals surface area (Å²) < 4.78 is 5.52. The molecule has 1 amide bonds. The minimum absolute atomic E-state index is 0.0348. The van der Waals surface area contributed by atoms with Gasteiger partial charge in [0.15, 0.2) is 5.78 Å². The molecule has 22 heavy (non-hydrogen) atoms. The number of hydrogen-bond acceptors (Lipinski definition) is 5. The fraction of sp³-hybridized carbons (Fsp3) is 0.500. The number of primary amides is 1. The van der Waals surface area contributed by atoms with Crippen LogP contribution in [-0.2, 0) is 4.79 Å². The van der Waals surface area contributed by atoms with Gasteiger partial charge >= 0.3 is 0 Å². The lowest BCUT2D eigenvalue weighted by atomic mass is 10.1. The quantitative estimate of drug-likeness (QED) is 0.719. The smallest absolute Gasteiger partial charge is 0.234 e. The highest BCUT2D eigenvalue weighted by Crippen LogP contribution is 2.18. The maximum Gasteiger partial charge on any atom is 0.234 e. The van der Waals surface area contributed by atoms with Crippen molar-refractivity contribution in [2.45, 2.75) is 31.9 Å². The number of hydrogen-bond donors (Lipinski definition) is 2. The van der Waals surface area contributed by atoms with Gasteiger partial charge in [-0.3, -0.25) is 14.5 Å². The maximum atomic E-state index is 11.3. The van der Waals surface area contributed by atoms with E-state index >= 15 is 0 Å². The molecule has 2 atom stereocenters. The first kappa shape index (κ1) is 16.5. The zero-order chi connectivity index (χ0) is 16.1. The number of aliphatic hydroxyl groups is 1. The van der Waals surface area contributed by atoms with E-state index in [1.165, 1.54) is 6.92 Å². The lowest BCUT2D eigenvalue weighted by Gasteiger charge is -2.24. The molecule has 0 spiro atoms. The number of ketones is 1. The molecular formula is C16H22N2O4. The number of benzene rings is 1. The second-order valence-corrected chi connectivity index (χ2v) is 5.60. The summed E-state index contributed by atoms with van der Waals surface area (Å²) in [5.74, 6) is 0.159. The molecular weight excluding hydrogens is 284 g/mol. The van der Waals surface area contributed by atoms with Crippen LogP contribution >= 0.6 is 0 Å². The van der Waals surface area contributed by atoms with Gasteiger partial charge in [-0.1, -0.05) is 12.1 Å². The van der Waals surface area contributed by atoms with Crippen LogP contribution in [0.15, 0.2) is 24.3 Å². The van der Waals surface area contributed by atoms with Crippen LogP contribution < -0.4 is 10.5 Å². The van der Waals surface area contributed by atoms with E-state index in [-0.39, 0.29) is 24.3 Å². The predicted molar refractivity (Wildman–Crippen MR) is 81.7 cm³/mol. The minimum Gasteiger partial charge on any atom is -0.491 e. The van der Waals surface area contributed by atoms with Crippen molar-refractivity contribution in [3.8, 4) is 5.75 Å². The zero-order valence-corrected chi connectivity index (χ0v) is 12.7. The van der Waals surface area contributed by atoms with Crippen molar-refractivity contribution >= 4 is 11.7 Å². The molecule has 0 saturated carbocycles. The molecule has 0 bridgehead atoms.